The molecule has 0 aliphatic rings. The number of likely N-dealkylation sites (N-methyl/N-ethyl adjacent to an activating group) is 1. The summed E-state index contributed by atoms with van der Waals surface area (Å²) in [6.07, 6.45) is 34.3. The number of nitrogens with zero attached hydrogens (tertiary/aromatic N) is 1. The average molecular weight is 865 g/mol. The van der Waals surface area contributed by atoms with Crippen molar-refractivity contribution in [3.05, 3.63) is 71.3 Å². The van der Waals surface area contributed by atoms with Crippen molar-refractivity contribution >= 4 is 19.8 Å². The Bertz CT molecular complexity index is 1460. The van der Waals surface area contributed by atoms with E-state index < -0.39 is 32.5 Å². The smallest absolute Gasteiger partial charge is 0.466 e. The number of rotatable bonds is 37. The molecule has 1 heterocycles. The Hall–Kier alpha value is -2.79. The highest BCUT2D eigenvalue weighted by atomic mass is 31.2. The third-order valence-electron chi connectivity index (χ3n) is 10.1. The van der Waals surface area contributed by atoms with E-state index >= 15 is 0 Å². The first-order chi connectivity index (χ1) is 28.6. The molecular formula is C48H83NO10P+. The summed E-state index contributed by atoms with van der Waals surface area (Å²) in [5.41, 5.74) is 2.62. The molecule has 1 aromatic rings. The number of furan rings is 1. The van der Waals surface area contributed by atoms with Gasteiger partial charge in [-0.05, 0) is 103 Å². The maximum absolute atomic E-state index is 12.7. The molecule has 1 rings (SSSR count). The molecule has 3 atom stereocenters. The van der Waals surface area contributed by atoms with Gasteiger partial charge in [0.25, 0.3) is 0 Å². The van der Waals surface area contributed by atoms with E-state index in [2.05, 4.69) is 63.3 Å². The zero-order chi connectivity index (χ0) is 44.5. The summed E-state index contributed by atoms with van der Waals surface area (Å²) in [7, 11) is 1.39. The second-order valence-corrected chi connectivity index (χ2v) is 18.4. The third-order valence-corrected chi connectivity index (χ3v) is 11.0. The summed E-state index contributed by atoms with van der Waals surface area (Å²) in [5, 5.41) is 9.29. The van der Waals surface area contributed by atoms with Crippen LogP contribution >= 0.6 is 7.82 Å². The fourth-order valence-corrected chi connectivity index (χ4v) is 6.99. The summed E-state index contributed by atoms with van der Waals surface area (Å²) in [6.45, 7) is 8.11. The van der Waals surface area contributed by atoms with E-state index in [1.54, 1.807) is 0 Å². The van der Waals surface area contributed by atoms with Crippen molar-refractivity contribution < 1.29 is 51.6 Å². The van der Waals surface area contributed by atoms with Crippen molar-refractivity contribution in [3.63, 3.8) is 0 Å². The first-order valence-electron chi connectivity index (χ1n) is 22.8. The van der Waals surface area contributed by atoms with Gasteiger partial charge in [-0.2, -0.15) is 0 Å². The Morgan fingerprint density at radius 2 is 1.22 bits per heavy atom. The maximum atomic E-state index is 12.7. The number of aliphatic hydroxyl groups excluding tert-OH is 1. The normalized spacial score (nSPS) is 14.5. The monoisotopic (exact) mass is 865 g/mol. The van der Waals surface area contributed by atoms with Crippen molar-refractivity contribution in [2.45, 2.75) is 175 Å². The summed E-state index contributed by atoms with van der Waals surface area (Å²) in [5.74, 6) is 1.38. The fourth-order valence-electron chi connectivity index (χ4n) is 6.25. The summed E-state index contributed by atoms with van der Waals surface area (Å²) in [4.78, 5) is 35.5. The van der Waals surface area contributed by atoms with Crippen molar-refractivity contribution in [2.75, 3.05) is 47.5 Å². The molecule has 2 N–H and O–H groups in total. The molecule has 344 valence electrons. The number of phosphoric ester groups is 1. The molecule has 0 fully saturated rings. The van der Waals surface area contributed by atoms with E-state index in [4.69, 9.17) is 22.9 Å². The molecule has 60 heavy (non-hydrogen) atoms. The second-order valence-electron chi connectivity index (χ2n) is 16.9. The number of phosphoric acid groups is 1. The first kappa shape index (κ1) is 55.2. The van der Waals surface area contributed by atoms with Crippen molar-refractivity contribution in [3.8, 4) is 0 Å². The Kier molecular flexibility index (Phi) is 31.1. The molecule has 0 saturated heterocycles. The molecule has 0 spiro atoms. The van der Waals surface area contributed by atoms with Gasteiger partial charge in [-0.15, -0.1) is 0 Å². The molecule has 0 aliphatic carbocycles. The van der Waals surface area contributed by atoms with Crippen molar-refractivity contribution in [1.29, 1.82) is 0 Å². The minimum atomic E-state index is -4.41. The highest BCUT2D eigenvalue weighted by Gasteiger charge is 2.27. The molecule has 1 unspecified atom stereocenters. The van der Waals surface area contributed by atoms with Gasteiger partial charge >= 0.3 is 19.8 Å². The molecule has 1 aromatic heterocycles. The average Bonchev–Trinajstić information content (AvgIpc) is 3.44. The van der Waals surface area contributed by atoms with E-state index in [-0.39, 0.29) is 32.2 Å². The highest BCUT2D eigenvalue weighted by Crippen LogP contribution is 2.43. The predicted octanol–water partition coefficient (Wildman–Crippen LogP) is 11.3. The zero-order valence-corrected chi connectivity index (χ0v) is 39.4. The van der Waals surface area contributed by atoms with Gasteiger partial charge in [-0.3, -0.25) is 18.6 Å². The number of aliphatic hydroxyl groups is 1. The van der Waals surface area contributed by atoms with Crippen LogP contribution in [0.2, 0.25) is 0 Å². The fraction of sp³-hybridized carbons (Fsp3) is 0.708. The standard InChI is InChI=1S/C48H82NO10P/c1-8-32-45-42(3)43(4)46(59-45)34-29-25-21-18-19-22-26-30-35-47(51)55-39-44(40-57-60(53,54)56-38-37-49(5,6)7)58-48(52)36-31-27-23-17-15-13-11-9-10-12-14-16-20-24-28-33-41(2)50/h10-13,16-17,20,23,41,44,50H,8-9,14-15,18-19,21-22,24-40H2,1-7H3/p+1/b12-10-,13-11-,20-16-,23-17-/t41-,44+/m0/s1. The Morgan fingerprint density at radius 1 is 0.700 bits per heavy atom. The van der Waals surface area contributed by atoms with Crippen molar-refractivity contribution in [1.82, 2.24) is 0 Å². The molecule has 0 aromatic carbocycles. The molecule has 0 saturated carbocycles. The van der Waals surface area contributed by atoms with Crippen LogP contribution in [-0.4, -0.2) is 86.1 Å². The van der Waals surface area contributed by atoms with Gasteiger partial charge in [0.2, 0.25) is 0 Å². The molecule has 0 radical (unpaired) electrons. The Labute approximate surface area is 363 Å². The number of allylic oxidation sites excluding steroid dienone is 8. The van der Waals surface area contributed by atoms with Crippen LogP contribution in [0.3, 0.4) is 0 Å². The molecule has 11 nitrogen and oxygen atoms in total. The SMILES string of the molecule is CCCc1oc(CCCCCCCCCCC(=O)OC[C@H](COP(=O)(O)OCC[N+](C)(C)C)OC(=O)CCC/C=C\C/C=C\C/C=C\C/C=C\CCC[C@H](C)O)c(C)c1C. The van der Waals surface area contributed by atoms with Gasteiger partial charge in [0.15, 0.2) is 6.10 Å². The number of carbonyl (C=O) groups excluding carboxylic acids is 2. The van der Waals surface area contributed by atoms with Gasteiger partial charge < -0.3 is 28.4 Å². The van der Waals surface area contributed by atoms with Crippen LogP contribution < -0.4 is 0 Å². The first-order valence-corrected chi connectivity index (χ1v) is 24.3. The number of esters is 2. The van der Waals surface area contributed by atoms with Gasteiger partial charge in [0.05, 0.1) is 33.9 Å². The third kappa shape index (κ3) is 31.1. The Morgan fingerprint density at radius 3 is 1.78 bits per heavy atom. The van der Waals surface area contributed by atoms with Gasteiger partial charge in [0, 0.05) is 25.7 Å². The van der Waals surface area contributed by atoms with Crippen LogP contribution in [0.25, 0.3) is 0 Å². The van der Waals surface area contributed by atoms with E-state index in [9.17, 15) is 24.2 Å². The van der Waals surface area contributed by atoms with Gasteiger partial charge in [0.1, 0.15) is 31.3 Å². The van der Waals surface area contributed by atoms with Crippen molar-refractivity contribution in [2.24, 2.45) is 0 Å². The molecule has 0 bridgehead atoms. The van der Waals surface area contributed by atoms with E-state index in [1.807, 2.05) is 34.1 Å². The topological polar surface area (TPSA) is 142 Å². The number of aryl methyl sites for hydroxylation is 2. The minimum absolute atomic E-state index is 0.00730. The molecule has 12 heteroatoms. The largest absolute Gasteiger partial charge is 0.472 e. The Balaban J connectivity index is 2.37. The predicted molar refractivity (Wildman–Crippen MR) is 243 cm³/mol. The lowest BCUT2D eigenvalue weighted by Gasteiger charge is -2.24. The lowest BCUT2D eigenvalue weighted by atomic mass is 10.0. The quantitative estimate of drug-likeness (QED) is 0.0218. The van der Waals surface area contributed by atoms with Crippen LogP contribution in [0, 0.1) is 13.8 Å². The molecule has 0 amide bonds. The summed E-state index contributed by atoms with van der Waals surface area (Å²) < 4.78 is 40.4. The molecule has 0 aliphatic heterocycles. The van der Waals surface area contributed by atoms with Crippen LogP contribution in [-0.2, 0) is 45.5 Å². The molecular weight excluding hydrogens is 781 g/mol. The minimum Gasteiger partial charge on any atom is -0.466 e. The zero-order valence-electron chi connectivity index (χ0n) is 38.5. The number of ether oxygens (including phenoxy) is 2. The lowest BCUT2D eigenvalue weighted by molar-refractivity contribution is -0.870. The second kappa shape index (κ2) is 33.8. The van der Waals surface area contributed by atoms with E-state index in [1.165, 1.54) is 30.4 Å². The lowest BCUT2D eigenvalue weighted by Crippen LogP contribution is -2.37. The van der Waals surface area contributed by atoms with Gasteiger partial charge in [-0.25, -0.2) is 4.57 Å². The summed E-state index contributed by atoms with van der Waals surface area (Å²) in [6, 6.07) is 0. The van der Waals surface area contributed by atoms with Crippen LogP contribution in [0.5, 0.6) is 0 Å². The van der Waals surface area contributed by atoms with Gasteiger partial charge in [-0.1, -0.05) is 94.1 Å². The van der Waals surface area contributed by atoms with Crippen LogP contribution in [0.1, 0.15) is 158 Å². The highest BCUT2D eigenvalue weighted by molar-refractivity contribution is 7.47. The summed E-state index contributed by atoms with van der Waals surface area (Å²) >= 11 is 0. The number of hydrogen-bond donors (Lipinski definition) is 2. The van der Waals surface area contributed by atoms with Crippen LogP contribution in [0.4, 0.5) is 0 Å². The van der Waals surface area contributed by atoms with E-state index in [0.29, 0.717) is 30.3 Å². The number of quaternary nitrogens is 1. The number of unbranched alkanes of at least 4 members (excludes halogenated alkanes) is 9. The number of hydrogen-bond acceptors (Lipinski definition) is 9. The van der Waals surface area contributed by atoms with Crippen LogP contribution in [0.15, 0.2) is 53.0 Å². The number of carbonyl (C=O) groups is 2. The maximum Gasteiger partial charge on any atom is 0.472 e. The van der Waals surface area contributed by atoms with E-state index in [0.717, 1.165) is 95.0 Å².